The predicted molar refractivity (Wildman–Crippen MR) is 99.8 cm³/mol. The predicted octanol–water partition coefficient (Wildman–Crippen LogP) is 2.14. The van der Waals surface area contributed by atoms with E-state index >= 15 is 0 Å². The Bertz CT molecular complexity index is 812. The average Bonchev–Trinajstić information content (AvgIpc) is 2.69. The molecule has 27 heavy (non-hydrogen) atoms. The molecule has 8 nitrogen and oxygen atoms in total. The van der Waals surface area contributed by atoms with Crippen molar-refractivity contribution in [3.63, 3.8) is 0 Å². The van der Waals surface area contributed by atoms with Crippen molar-refractivity contribution in [1.29, 1.82) is 0 Å². The van der Waals surface area contributed by atoms with Gasteiger partial charge in [-0.15, -0.1) is 0 Å². The molecule has 2 fully saturated rings. The second kappa shape index (κ2) is 7.93. The molecule has 2 N–H and O–H groups in total. The molecule has 1 atom stereocenters. The molecular weight excluding hydrogens is 370 g/mol. The SMILES string of the molecule is O=C(N[C@]1(S(=O)(=O)c2ccccc2[N+](=O)[O-])CCCNC1)C1CCCCC1. The summed E-state index contributed by atoms with van der Waals surface area (Å²) < 4.78 is 27.0. The monoisotopic (exact) mass is 395 g/mol. The van der Waals surface area contributed by atoms with Crippen molar-refractivity contribution in [2.24, 2.45) is 5.92 Å². The number of nitro groups is 1. The number of nitrogens with zero attached hydrogens (tertiary/aromatic N) is 1. The van der Waals surface area contributed by atoms with Gasteiger partial charge in [0.2, 0.25) is 15.7 Å². The van der Waals surface area contributed by atoms with Crippen LogP contribution in [0.25, 0.3) is 0 Å². The van der Waals surface area contributed by atoms with Gasteiger partial charge in [-0.3, -0.25) is 14.9 Å². The van der Waals surface area contributed by atoms with Gasteiger partial charge in [0.15, 0.2) is 4.87 Å². The first kappa shape index (κ1) is 19.8. The van der Waals surface area contributed by atoms with E-state index in [1.54, 1.807) is 0 Å². The van der Waals surface area contributed by atoms with Gasteiger partial charge in [0.25, 0.3) is 5.69 Å². The van der Waals surface area contributed by atoms with Crippen molar-refractivity contribution in [3.05, 3.63) is 34.4 Å². The maximum absolute atomic E-state index is 13.5. The van der Waals surface area contributed by atoms with E-state index in [2.05, 4.69) is 10.6 Å². The Labute approximate surface area is 158 Å². The highest BCUT2D eigenvalue weighted by molar-refractivity contribution is 7.93. The Morgan fingerprint density at radius 2 is 1.89 bits per heavy atom. The summed E-state index contributed by atoms with van der Waals surface area (Å²) in [5, 5.41) is 17.2. The minimum atomic E-state index is -4.17. The second-order valence-corrected chi connectivity index (χ2v) is 9.56. The van der Waals surface area contributed by atoms with Gasteiger partial charge in [-0.1, -0.05) is 31.4 Å². The summed E-state index contributed by atoms with van der Waals surface area (Å²) in [4.78, 5) is 21.6. The highest BCUT2D eigenvalue weighted by Crippen LogP contribution is 2.35. The van der Waals surface area contributed by atoms with E-state index in [1.165, 1.54) is 24.3 Å². The lowest BCUT2D eigenvalue weighted by Crippen LogP contribution is -2.63. The minimum absolute atomic E-state index is 0.0415. The molecule has 0 bridgehead atoms. The Morgan fingerprint density at radius 3 is 2.52 bits per heavy atom. The molecule has 9 heteroatoms. The van der Waals surface area contributed by atoms with Crippen LogP contribution in [-0.2, 0) is 14.6 Å². The Hall–Kier alpha value is -2.00. The fraction of sp³-hybridized carbons (Fsp3) is 0.611. The van der Waals surface area contributed by atoms with Gasteiger partial charge in [-0.05, 0) is 38.3 Å². The standard InChI is InChI=1S/C18H25N3O5S/c22-17(14-7-2-1-3-8-14)20-18(11-6-12-19-13-18)27(25,26)16-10-5-4-9-15(16)21(23)24/h4-5,9-10,14,19H,1-3,6-8,11-13H2,(H,20,22)/t18-/m0/s1. The highest BCUT2D eigenvalue weighted by Gasteiger charge is 2.49. The number of carbonyl (C=O) groups excluding carboxylic acids is 1. The molecule has 148 valence electrons. The minimum Gasteiger partial charge on any atom is -0.335 e. The van der Waals surface area contributed by atoms with Gasteiger partial charge >= 0.3 is 0 Å². The Kier molecular flexibility index (Phi) is 5.81. The van der Waals surface area contributed by atoms with Crippen molar-refractivity contribution in [1.82, 2.24) is 10.6 Å². The highest BCUT2D eigenvalue weighted by atomic mass is 32.2. The summed E-state index contributed by atoms with van der Waals surface area (Å²) in [6, 6.07) is 5.33. The van der Waals surface area contributed by atoms with E-state index in [1.807, 2.05) is 0 Å². The second-order valence-electron chi connectivity index (χ2n) is 7.33. The lowest BCUT2D eigenvalue weighted by molar-refractivity contribution is -0.387. The molecule has 0 radical (unpaired) electrons. The number of sulfone groups is 1. The zero-order valence-electron chi connectivity index (χ0n) is 15.1. The quantitative estimate of drug-likeness (QED) is 0.582. The zero-order chi connectivity index (χ0) is 19.5. The lowest BCUT2D eigenvalue weighted by atomic mass is 9.88. The number of hydrogen-bond acceptors (Lipinski definition) is 6. The topological polar surface area (TPSA) is 118 Å². The van der Waals surface area contributed by atoms with Gasteiger partial charge in [0.1, 0.15) is 4.90 Å². The molecule has 1 aliphatic heterocycles. The molecule has 0 unspecified atom stereocenters. The van der Waals surface area contributed by atoms with Gasteiger partial charge in [-0.2, -0.15) is 0 Å². The van der Waals surface area contributed by atoms with Crippen LogP contribution in [0, 0.1) is 16.0 Å². The number of para-hydroxylation sites is 1. The van der Waals surface area contributed by atoms with Gasteiger partial charge < -0.3 is 10.6 Å². The molecule has 0 aromatic heterocycles. The van der Waals surface area contributed by atoms with Gasteiger partial charge in [0, 0.05) is 18.5 Å². The summed E-state index contributed by atoms with van der Waals surface area (Å²) in [6.45, 7) is 0.688. The molecule has 1 heterocycles. The van der Waals surface area contributed by atoms with Crippen LogP contribution in [-0.4, -0.2) is 37.2 Å². The number of carbonyl (C=O) groups is 1. The first-order chi connectivity index (χ1) is 12.9. The molecule has 1 saturated heterocycles. The molecule has 1 saturated carbocycles. The number of piperidine rings is 1. The molecule has 1 aromatic rings. The van der Waals surface area contributed by atoms with Crippen LogP contribution in [0.1, 0.15) is 44.9 Å². The van der Waals surface area contributed by atoms with E-state index in [4.69, 9.17) is 0 Å². The van der Waals surface area contributed by atoms with E-state index in [9.17, 15) is 23.3 Å². The number of rotatable bonds is 5. The van der Waals surface area contributed by atoms with Crippen molar-refractivity contribution in [2.75, 3.05) is 13.1 Å². The van der Waals surface area contributed by atoms with Crippen LogP contribution in [0.15, 0.2) is 29.2 Å². The summed E-state index contributed by atoms with van der Waals surface area (Å²) >= 11 is 0. The van der Waals surface area contributed by atoms with Crippen LogP contribution in [0.2, 0.25) is 0 Å². The van der Waals surface area contributed by atoms with E-state index in [-0.39, 0.29) is 29.7 Å². The van der Waals surface area contributed by atoms with Crippen molar-refractivity contribution < 1.29 is 18.1 Å². The molecule has 3 rings (SSSR count). The first-order valence-corrected chi connectivity index (χ1v) is 10.9. The van der Waals surface area contributed by atoms with Gasteiger partial charge in [-0.25, -0.2) is 8.42 Å². The smallest absolute Gasteiger partial charge is 0.288 e. The number of nitrogens with one attached hydrogen (secondary N) is 2. The van der Waals surface area contributed by atoms with Crippen molar-refractivity contribution in [3.8, 4) is 0 Å². The van der Waals surface area contributed by atoms with Crippen molar-refractivity contribution >= 4 is 21.4 Å². The number of nitro benzene ring substituents is 1. The van der Waals surface area contributed by atoms with Crippen LogP contribution in [0.5, 0.6) is 0 Å². The maximum atomic E-state index is 13.5. The summed E-state index contributed by atoms with van der Waals surface area (Å²) in [5.74, 6) is -0.459. The summed E-state index contributed by atoms with van der Waals surface area (Å²) in [5.41, 5.74) is -0.464. The van der Waals surface area contributed by atoms with Gasteiger partial charge in [0.05, 0.1) is 4.92 Å². The Morgan fingerprint density at radius 1 is 1.19 bits per heavy atom. The molecular formula is C18H25N3O5S. The van der Waals surface area contributed by atoms with Crippen LogP contribution < -0.4 is 10.6 Å². The Balaban J connectivity index is 1.98. The van der Waals surface area contributed by atoms with E-state index < -0.39 is 25.3 Å². The van der Waals surface area contributed by atoms with E-state index in [0.29, 0.717) is 13.0 Å². The molecule has 0 spiro atoms. The molecule has 1 amide bonds. The molecule has 1 aliphatic carbocycles. The first-order valence-electron chi connectivity index (χ1n) is 9.38. The van der Waals surface area contributed by atoms with E-state index in [0.717, 1.165) is 32.1 Å². The maximum Gasteiger partial charge on any atom is 0.288 e. The normalized spacial score (nSPS) is 24.3. The third-order valence-electron chi connectivity index (χ3n) is 5.54. The molecule has 1 aromatic carbocycles. The van der Waals surface area contributed by atoms with Crippen molar-refractivity contribution in [2.45, 2.75) is 54.7 Å². The third-order valence-corrected chi connectivity index (χ3v) is 7.94. The lowest BCUT2D eigenvalue weighted by Gasteiger charge is -2.38. The fourth-order valence-electron chi connectivity index (χ4n) is 4.02. The average molecular weight is 395 g/mol. The third kappa shape index (κ3) is 3.84. The molecule has 2 aliphatic rings. The zero-order valence-corrected chi connectivity index (χ0v) is 16.0. The van der Waals surface area contributed by atoms with Crippen LogP contribution in [0.4, 0.5) is 5.69 Å². The largest absolute Gasteiger partial charge is 0.335 e. The summed E-state index contributed by atoms with van der Waals surface area (Å²) in [7, 11) is -4.17. The number of amides is 1. The summed E-state index contributed by atoms with van der Waals surface area (Å²) in [6.07, 6.45) is 5.30. The number of benzene rings is 1. The number of hydrogen-bond donors (Lipinski definition) is 2. The van der Waals surface area contributed by atoms with Crippen LogP contribution in [0.3, 0.4) is 0 Å². The van der Waals surface area contributed by atoms with Crippen LogP contribution >= 0.6 is 0 Å². The fourth-order valence-corrected chi connectivity index (χ4v) is 6.05.